The van der Waals surface area contributed by atoms with Gasteiger partial charge in [-0.3, -0.25) is 14.9 Å². The van der Waals surface area contributed by atoms with Crippen LogP contribution >= 0.6 is 11.8 Å². The summed E-state index contributed by atoms with van der Waals surface area (Å²) in [4.78, 5) is 25.9. The number of amides is 2. The quantitative estimate of drug-likeness (QED) is 0.757. The minimum Gasteiger partial charge on any atom is -0.361 e. The molecule has 0 atom stereocenters. The van der Waals surface area contributed by atoms with Crippen molar-refractivity contribution in [2.24, 2.45) is 0 Å². The molecule has 0 saturated carbocycles. The summed E-state index contributed by atoms with van der Waals surface area (Å²) >= 11 is 0.927. The number of carbonyl (C=O) groups excluding carboxylic acids is 2. The summed E-state index contributed by atoms with van der Waals surface area (Å²) in [7, 11) is 0. The Bertz CT molecular complexity index is 657. The maximum absolute atomic E-state index is 11.4. The maximum Gasteiger partial charge on any atom is 0.290 e. The number of nitrogens with one attached hydrogen (secondary N) is 2. The zero-order valence-electron chi connectivity index (χ0n) is 8.69. The summed E-state index contributed by atoms with van der Waals surface area (Å²) in [5.74, 6) is -0.327. The maximum atomic E-state index is 11.4. The Balaban J connectivity index is 2.01. The van der Waals surface area contributed by atoms with Crippen LogP contribution in [0.25, 0.3) is 17.0 Å². The number of fused-ring (bicyclic) bond motifs is 1. The van der Waals surface area contributed by atoms with E-state index in [2.05, 4.69) is 10.3 Å². The third-order valence-electron chi connectivity index (χ3n) is 2.52. The molecule has 0 radical (unpaired) electrons. The van der Waals surface area contributed by atoms with Gasteiger partial charge in [-0.2, -0.15) is 0 Å². The molecule has 17 heavy (non-hydrogen) atoms. The van der Waals surface area contributed by atoms with Gasteiger partial charge in [0.2, 0.25) is 0 Å². The molecule has 5 heteroatoms. The van der Waals surface area contributed by atoms with E-state index in [9.17, 15) is 9.59 Å². The van der Waals surface area contributed by atoms with Gasteiger partial charge in [0, 0.05) is 11.7 Å². The van der Waals surface area contributed by atoms with Crippen LogP contribution in [0.15, 0.2) is 35.4 Å². The monoisotopic (exact) mass is 244 g/mol. The summed E-state index contributed by atoms with van der Waals surface area (Å²) < 4.78 is 0. The Hall–Kier alpha value is -2.01. The average molecular weight is 244 g/mol. The molecule has 0 unspecified atom stereocenters. The van der Waals surface area contributed by atoms with Crippen molar-refractivity contribution in [3.63, 3.8) is 0 Å². The van der Waals surface area contributed by atoms with E-state index in [0.29, 0.717) is 4.91 Å². The molecule has 0 aliphatic carbocycles. The van der Waals surface area contributed by atoms with Crippen LogP contribution in [0.2, 0.25) is 0 Å². The topological polar surface area (TPSA) is 62.0 Å². The first-order valence-electron chi connectivity index (χ1n) is 5.04. The molecule has 1 fully saturated rings. The first-order chi connectivity index (χ1) is 8.22. The highest BCUT2D eigenvalue weighted by atomic mass is 32.2. The summed E-state index contributed by atoms with van der Waals surface area (Å²) in [5.41, 5.74) is 1.90. The van der Waals surface area contributed by atoms with Crippen LogP contribution in [0, 0.1) is 0 Å². The molecule has 2 heterocycles. The molecular formula is C12H8N2O2S. The highest BCUT2D eigenvalue weighted by molar-refractivity contribution is 8.18. The highest BCUT2D eigenvalue weighted by Gasteiger charge is 2.24. The number of rotatable bonds is 1. The molecule has 1 aliphatic heterocycles. The van der Waals surface area contributed by atoms with Crippen molar-refractivity contribution in [1.82, 2.24) is 10.3 Å². The van der Waals surface area contributed by atoms with E-state index in [0.717, 1.165) is 28.2 Å². The largest absolute Gasteiger partial charge is 0.361 e. The molecule has 0 bridgehead atoms. The number of aromatic nitrogens is 1. The summed E-state index contributed by atoms with van der Waals surface area (Å²) in [6.45, 7) is 0. The fourth-order valence-electron chi connectivity index (χ4n) is 1.73. The summed E-state index contributed by atoms with van der Waals surface area (Å²) in [6.07, 6.45) is 3.58. The smallest absolute Gasteiger partial charge is 0.290 e. The van der Waals surface area contributed by atoms with Crippen molar-refractivity contribution >= 4 is 39.9 Å². The van der Waals surface area contributed by atoms with Crippen LogP contribution < -0.4 is 5.32 Å². The molecular weight excluding hydrogens is 236 g/mol. The van der Waals surface area contributed by atoms with Crippen LogP contribution in [0.5, 0.6) is 0 Å². The van der Waals surface area contributed by atoms with Gasteiger partial charge in [0.25, 0.3) is 11.1 Å². The lowest BCUT2D eigenvalue weighted by molar-refractivity contribution is -0.115. The van der Waals surface area contributed by atoms with Crippen molar-refractivity contribution in [1.29, 1.82) is 0 Å². The Morgan fingerprint density at radius 1 is 1.18 bits per heavy atom. The van der Waals surface area contributed by atoms with Gasteiger partial charge >= 0.3 is 0 Å². The number of hydrogen-bond acceptors (Lipinski definition) is 3. The molecule has 0 spiro atoms. The molecule has 1 aromatic carbocycles. The number of imide groups is 1. The van der Waals surface area contributed by atoms with Gasteiger partial charge in [-0.1, -0.05) is 12.1 Å². The van der Waals surface area contributed by atoms with Crippen molar-refractivity contribution < 1.29 is 9.59 Å². The molecule has 84 valence electrons. The van der Waals surface area contributed by atoms with E-state index in [1.54, 1.807) is 6.08 Å². The lowest BCUT2D eigenvalue weighted by Crippen LogP contribution is -2.17. The fourth-order valence-corrected chi connectivity index (χ4v) is 2.41. The van der Waals surface area contributed by atoms with Crippen LogP contribution in [0.3, 0.4) is 0 Å². The SMILES string of the molecule is O=C1NC(=O)/C(=C/c2ccc3cc[nH]c3c2)S1. The Labute approximate surface area is 101 Å². The number of thioether (sulfide) groups is 1. The minimum atomic E-state index is -0.327. The van der Waals surface area contributed by atoms with Gasteiger partial charge in [-0.05, 0) is 40.9 Å². The van der Waals surface area contributed by atoms with Crippen molar-refractivity contribution in [2.45, 2.75) is 0 Å². The van der Waals surface area contributed by atoms with Gasteiger partial charge in [-0.25, -0.2) is 0 Å². The van der Waals surface area contributed by atoms with Crippen LogP contribution in [0.4, 0.5) is 4.79 Å². The molecule has 2 N–H and O–H groups in total. The number of carbonyl (C=O) groups is 2. The zero-order valence-corrected chi connectivity index (χ0v) is 9.51. The van der Waals surface area contributed by atoms with Crippen molar-refractivity contribution in [3.8, 4) is 0 Å². The van der Waals surface area contributed by atoms with Gasteiger partial charge < -0.3 is 4.98 Å². The molecule has 2 aromatic rings. The molecule has 1 saturated heterocycles. The lowest BCUT2D eigenvalue weighted by atomic mass is 10.1. The summed E-state index contributed by atoms with van der Waals surface area (Å²) in [5, 5.41) is 3.03. The average Bonchev–Trinajstić information content (AvgIpc) is 2.85. The van der Waals surface area contributed by atoms with E-state index < -0.39 is 0 Å². The zero-order chi connectivity index (χ0) is 11.8. The van der Waals surface area contributed by atoms with E-state index in [1.807, 2.05) is 30.5 Å². The Morgan fingerprint density at radius 2 is 2.06 bits per heavy atom. The van der Waals surface area contributed by atoms with Crippen LogP contribution in [-0.2, 0) is 4.79 Å². The molecule has 1 aliphatic rings. The molecule has 3 rings (SSSR count). The number of benzene rings is 1. The predicted molar refractivity (Wildman–Crippen MR) is 67.4 cm³/mol. The van der Waals surface area contributed by atoms with Crippen LogP contribution in [0.1, 0.15) is 5.56 Å². The first-order valence-corrected chi connectivity index (χ1v) is 5.86. The van der Waals surface area contributed by atoms with Crippen molar-refractivity contribution in [3.05, 3.63) is 40.9 Å². The highest BCUT2D eigenvalue weighted by Crippen LogP contribution is 2.26. The number of hydrogen-bond donors (Lipinski definition) is 2. The Kier molecular flexibility index (Phi) is 2.26. The van der Waals surface area contributed by atoms with Crippen molar-refractivity contribution in [2.75, 3.05) is 0 Å². The van der Waals surface area contributed by atoms with E-state index >= 15 is 0 Å². The van der Waals surface area contributed by atoms with Gasteiger partial charge in [0.15, 0.2) is 0 Å². The molecule has 1 aromatic heterocycles. The predicted octanol–water partition coefficient (Wildman–Crippen LogP) is 2.49. The minimum absolute atomic E-state index is 0.317. The van der Waals surface area contributed by atoms with Gasteiger partial charge in [0.05, 0.1) is 4.91 Å². The van der Waals surface area contributed by atoms with E-state index in [4.69, 9.17) is 0 Å². The molecule has 4 nitrogen and oxygen atoms in total. The third-order valence-corrected chi connectivity index (χ3v) is 3.33. The third kappa shape index (κ3) is 1.85. The second-order valence-electron chi connectivity index (χ2n) is 3.68. The second-order valence-corrected chi connectivity index (χ2v) is 4.69. The second kappa shape index (κ2) is 3.78. The lowest BCUT2D eigenvalue weighted by Gasteiger charge is -1.95. The van der Waals surface area contributed by atoms with Gasteiger partial charge in [0.1, 0.15) is 0 Å². The van der Waals surface area contributed by atoms with Crippen LogP contribution in [-0.4, -0.2) is 16.1 Å². The number of H-pyrrole nitrogens is 1. The van der Waals surface area contributed by atoms with E-state index in [1.165, 1.54) is 0 Å². The summed E-state index contributed by atoms with van der Waals surface area (Å²) in [6, 6.07) is 7.81. The standard InChI is InChI=1S/C12H8N2O2S/c15-11-10(17-12(16)14-11)6-7-1-2-8-3-4-13-9(8)5-7/h1-6,13H,(H,14,15,16)/b10-6-. The number of aromatic amines is 1. The van der Waals surface area contributed by atoms with Gasteiger partial charge in [-0.15, -0.1) is 0 Å². The Morgan fingerprint density at radius 3 is 2.82 bits per heavy atom. The normalized spacial score (nSPS) is 18.0. The fraction of sp³-hybridized carbons (Fsp3) is 0. The first kappa shape index (κ1) is 10.2. The molecule has 2 amide bonds. The van der Waals surface area contributed by atoms with E-state index in [-0.39, 0.29) is 11.1 Å².